The van der Waals surface area contributed by atoms with Gasteiger partial charge >= 0.3 is 5.97 Å². The van der Waals surface area contributed by atoms with Crippen LogP contribution in [0, 0.1) is 0 Å². The van der Waals surface area contributed by atoms with E-state index in [1.54, 1.807) is 6.07 Å². The number of rotatable bonds is 4. The van der Waals surface area contributed by atoms with Crippen molar-refractivity contribution in [2.75, 3.05) is 7.11 Å². The minimum Gasteiger partial charge on any atom is -0.468 e. The zero-order chi connectivity index (χ0) is 14.5. The van der Waals surface area contributed by atoms with Crippen molar-refractivity contribution in [1.29, 1.82) is 0 Å². The van der Waals surface area contributed by atoms with E-state index in [4.69, 9.17) is 0 Å². The van der Waals surface area contributed by atoms with E-state index in [0.29, 0.717) is 5.69 Å². The van der Waals surface area contributed by atoms with Crippen LogP contribution in [0.15, 0.2) is 41.2 Å². The summed E-state index contributed by atoms with van der Waals surface area (Å²) < 4.78 is 5.65. The predicted octanol–water partition coefficient (Wildman–Crippen LogP) is 1.65. The third-order valence-electron chi connectivity index (χ3n) is 3.03. The summed E-state index contributed by atoms with van der Waals surface area (Å²) in [5.41, 5.74) is 2.46. The predicted molar refractivity (Wildman–Crippen MR) is 75.3 cm³/mol. The van der Waals surface area contributed by atoms with Gasteiger partial charge in [-0.05, 0) is 18.1 Å². The Morgan fingerprint density at radius 1 is 1.20 bits per heavy atom. The molecular weight excluding hydrogens is 256 g/mol. The first kappa shape index (κ1) is 14.0. The Kier molecular flexibility index (Phi) is 4.30. The maximum Gasteiger partial charge on any atom is 0.327 e. The summed E-state index contributed by atoms with van der Waals surface area (Å²) in [6.07, 6.45) is 0.968. The van der Waals surface area contributed by atoms with Crippen molar-refractivity contribution in [3.63, 3.8) is 0 Å². The fourth-order valence-corrected chi connectivity index (χ4v) is 1.81. The standard InChI is InChI=1S/C15H16N2O3/c1-3-11-4-6-12(7-5-11)13-8-9-14(18)17(16-13)10-15(19)20-2/h4-9H,3,10H2,1-2H3. The van der Waals surface area contributed by atoms with Crippen LogP contribution in [0.4, 0.5) is 0 Å². The molecule has 104 valence electrons. The topological polar surface area (TPSA) is 61.2 Å². The van der Waals surface area contributed by atoms with Crippen LogP contribution < -0.4 is 5.56 Å². The van der Waals surface area contributed by atoms with Crippen molar-refractivity contribution < 1.29 is 9.53 Å². The van der Waals surface area contributed by atoms with Gasteiger partial charge in [-0.3, -0.25) is 9.59 Å². The van der Waals surface area contributed by atoms with Crippen molar-refractivity contribution in [2.24, 2.45) is 0 Å². The van der Waals surface area contributed by atoms with Crippen molar-refractivity contribution in [2.45, 2.75) is 19.9 Å². The summed E-state index contributed by atoms with van der Waals surface area (Å²) in [5.74, 6) is -0.502. The Bertz CT molecular complexity index is 660. The molecule has 0 aliphatic rings. The van der Waals surface area contributed by atoms with Crippen molar-refractivity contribution >= 4 is 5.97 Å². The SMILES string of the molecule is CCc1ccc(-c2ccc(=O)n(CC(=O)OC)n2)cc1. The number of benzene rings is 1. The average molecular weight is 272 g/mol. The van der Waals surface area contributed by atoms with E-state index < -0.39 is 5.97 Å². The zero-order valence-corrected chi connectivity index (χ0v) is 11.5. The van der Waals surface area contributed by atoms with Gasteiger partial charge in [0.1, 0.15) is 6.54 Å². The second kappa shape index (κ2) is 6.14. The Labute approximate surface area is 116 Å². The van der Waals surface area contributed by atoms with Gasteiger partial charge in [0, 0.05) is 11.6 Å². The average Bonchev–Trinajstić information content (AvgIpc) is 2.49. The third kappa shape index (κ3) is 3.12. The molecule has 0 amide bonds. The molecule has 0 saturated heterocycles. The molecule has 20 heavy (non-hydrogen) atoms. The fourth-order valence-electron chi connectivity index (χ4n) is 1.81. The second-order valence-corrected chi connectivity index (χ2v) is 4.34. The van der Waals surface area contributed by atoms with E-state index in [1.165, 1.54) is 18.7 Å². The molecule has 0 atom stereocenters. The van der Waals surface area contributed by atoms with Gasteiger partial charge in [0.15, 0.2) is 0 Å². The number of hydrogen-bond acceptors (Lipinski definition) is 4. The molecule has 0 aliphatic carbocycles. The highest BCUT2D eigenvalue weighted by molar-refractivity contribution is 5.69. The molecule has 1 aromatic heterocycles. The van der Waals surface area contributed by atoms with E-state index in [1.807, 2.05) is 24.3 Å². The van der Waals surface area contributed by atoms with Gasteiger partial charge in [-0.1, -0.05) is 31.2 Å². The first-order valence-electron chi connectivity index (χ1n) is 6.38. The number of methoxy groups -OCH3 is 1. The Morgan fingerprint density at radius 3 is 2.50 bits per heavy atom. The molecule has 0 N–H and O–H groups in total. The van der Waals surface area contributed by atoms with Gasteiger partial charge in [-0.2, -0.15) is 5.10 Å². The number of carbonyl (C=O) groups excluding carboxylic acids is 1. The maximum atomic E-state index is 11.6. The highest BCUT2D eigenvalue weighted by Gasteiger charge is 2.07. The summed E-state index contributed by atoms with van der Waals surface area (Å²) in [5, 5.41) is 4.19. The summed E-state index contributed by atoms with van der Waals surface area (Å²) in [6.45, 7) is 1.90. The van der Waals surface area contributed by atoms with Gasteiger partial charge in [-0.15, -0.1) is 0 Å². The number of hydrogen-bond donors (Lipinski definition) is 0. The second-order valence-electron chi connectivity index (χ2n) is 4.34. The first-order valence-corrected chi connectivity index (χ1v) is 6.38. The van der Waals surface area contributed by atoms with Gasteiger partial charge in [0.2, 0.25) is 0 Å². The molecule has 0 radical (unpaired) electrons. The molecule has 0 bridgehead atoms. The molecular formula is C15H16N2O3. The molecule has 5 heteroatoms. The van der Waals surface area contributed by atoms with Crippen LogP contribution in [0.2, 0.25) is 0 Å². The third-order valence-corrected chi connectivity index (χ3v) is 3.03. The number of aromatic nitrogens is 2. The van der Waals surface area contributed by atoms with E-state index in [9.17, 15) is 9.59 Å². The zero-order valence-electron chi connectivity index (χ0n) is 11.5. The van der Waals surface area contributed by atoms with Gasteiger partial charge in [0.25, 0.3) is 5.56 Å². The highest BCUT2D eigenvalue weighted by Crippen LogP contribution is 2.16. The molecule has 0 unspecified atom stereocenters. The lowest BCUT2D eigenvalue weighted by Gasteiger charge is -2.06. The molecule has 2 aromatic rings. The lowest BCUT2D eigenvalue weighted by Crippen LogP contribution is -2.26. The molecule has 2 rings (SSSR count). The molecule has 0 spiro atoms. The molecule has 5 nitrogen and oxygen atoms in total. The number of nitrogens with zero attached hydrogens (tertiary/aromatic N) is 2. The van der Waals surface area contributed by atoms with E-state index in [-0.39, 0.29) is 12.1 Å². The van der Waals surface area contributed by atoms with Crippen LogP contribution in [-0.4, -0.2) is 22.9 Å². The molecule has 1 aromatic carbocycles. The van der Waals surface area contributed by atoms with Gasteiger partial charge in [0.05, 0.1) is 12.8 Å². The molecule has 0 aliphatic heterocycles. The number of ether oxygens (including phenoxy) is 1. The van der Waals surface area contributed by atoms with Crippen LogP contribution >= 0.6 is 0 Å². The maximum absolute atomic E-state index is 11.6. The summed E-state index contributed by atoms with van der Waals surface area (Å²) in [4.78, 5) is 22.9. The highest BCUT2D eigenvalue weighted by atomic mass is 16.5. The number of aryl methyl sites for hydroxylation is 1. The molecule has 0 fully saturated rings. The van der Waals surface area contributed by atoms with E-state index in [0.717, 1.165) is 16.7 Å². The monoisotopic (exact) mass is 272 g/mol. The molecule has 1 heterocycles. The smallest absolute Gasteiger partial charge is 0.327 e. The molecule has 0 saturated carbocycles. The van der Waals surface area contributed by atoms with Gasteiger partial charge < -0.3 is 4.74 Å². The normalized spacial score (nSPS) is 10.3. The Hall–Kier alpha value is -2.43. The van der Waals surface area contributed by atoms with Crippen molar-refractivity contribution in [3.05, 3.63) is 52.3 Å². The minimum absolute atomic E-state index is 0.184. The number of carbonyl (C=O) groups is 1. The summed E-state index contributed by atoms with van der Waals surface area (Å²) in [6, 6.07) is 11.0. The van der Waals surface area contributed by atoms with Crippen LogP contribution in [0.25, 0.3) is 11.3 Å². The van der Waals surface area contributed by atoms with Gasteiger partial charge in [-0.25, -0.2) is 4.68 Å². The van der Waals surface area contributed by atoms with Crippen LogP contribution in [0.5, 0.6) is 0 Å². The first-order chi connectivity index (χ1) is 9.63. The largest absolute Gasteiger partial charge is 0.468 e. The van der Waals surface area contributed by atoms with Crippen molar-refractivity contribution in [3.8, 4) is 11.3 Å². The lowest BCUT2D eigenvalue weighted by molar-refractivity contribution is -0.141. The lowest BCUT2D eigenvalue weighted by atomic mass is 10.1. The van der Waals surface area contributed by atoms with Crippen LogP contribution in [-0.2, 0) is 22.5 Å². The van der Waals surface area contributed by atoms with Crippen LogP contribution in [0.3, 0.4) is 0 Å². The quantitative estimate of drug-likeness (QED) is 0.794. The number of esters is 1. The Balaban J connectivity index is 2.34. The van der Waals surface area contributed by atoms with Crippen LogP contribution in [0.1, 0.15) is 12.5 Å². The van der Waals surface area contributed by atoms with Crippen molar-refractivity contribution in [1.82, 2.24) is 9.78 Å². The summed E-state index contributed by atoms with van der Waals surface area (Å²) >= 11 is 0. The Morgan fingerprint density at radius 2 is 1.90 bits per heavy atom. The van der Waals surface area contributed by atoms with E-state index in [2.05, 4.69) is 16.8 Å². The fraction of sp³-hybridized carbons (Fsp3) is 0.267. The van der Waals surface area contributed by atoms with E-state index >= 15 is 0 Å². The summed E-state index contributed by atoms with van der Waals surface area (Å²) in [7, 11) is 1.28. The minimum atomic E-state index is -0.502.